The topological polar surface area (TPSA) is 99.5 Å². The summed E-state index contributed by atoms with van der Waals surface area (Å²) >= 11 is 1.52. The van der Waals surface area contributed by atoms with Gasteiger partial charge in [-0.15, -0.1) is 0 Å². The first kappa shape index (κ1) is 26.6. The van der Waals surface area contributed by atoms with Gasteiger partial charge in [-0.05, 0) is 75.4 Å². The Morgan fingerprint density at radius 3 is 2.37 bits per heavy atom. The highest BCUT2D eigenvalue weighted by Gasteiger charge is 2.19. The van der Waals surface area contributed by atoms with Crippen LogP contribution >= 0.6 is 11.3 Å². The first-order valence-corrected chi connectivity index (χ1v) is 12.5. The number of aromatic nitrogens is 1. The van der Waals surface area contributed by atoms with Crippen molar-refractivity contribution in [1.29, 1.82) is 0 Å². The lowest BCUT2D eigenvalue weighted by Gasteiger charge is -2.18. The number of anilines is 1. The minimum absolute atomic E-state index is 0.242. The molecule has 0 atom stereocenters. The number of fused-ring (bicyclic) bond motifs is 1. The van der Waals surface area contributed by atoms with E-state index in [9.17, 15) is 9.59 Å². The van der Waals surface area contributed by atoms with E-state index in [2.05, 4.69) is 10.1 Å². The number of para-hydroxylation sites is 1. The third-order valence-electron chi connectivity index (χ3n) is 5.03. The van der Waals surface area contributed by atoms with Gasteiger partial charge >= 0.3 is 12.1 Å². The third kappa shape index (κ3) is 6.86. The molecule has 0 saturated carbocycles. The van der Waals surface area contributed by atoms with Crippen molar-refractivity contribution in [3.05, 3.63) is 77.9 Å². The zero-order chi connectivity index (χ0) is 27.3. The number of thiazole rings is 1. The van der Waals surface area contributed by atoms with E-state index in [4.69, 9.17) is 18.9 Å². The number of ether oxygens (including phenoxy) is 4. The maximum atomic E-state index is 12.9. The Hall–Kier alpha value is -4.44. The Labute approximate surface area is 224 Å². The first-order chi connectivity index (χ1) is 18.1. The van der Waals surface area contributed by atoms with E-state index in [0.717, 1.165) is 15.3 Å². The van der Waals surface area contributed by atoms with E-state index in [1.165, 1.54) is 35.6 Å². The van der Waals surface area contributed by atoms with E-state index in [-0.39, 0.29) is 11.3 Å². The SMILES string of the molecule is COc1ccc(OC(=O)c2ccc(OC(=O)OC(C)(C)C)cc2)c(/C=N/N(C)c2nc3ccccc3s2)c1. The third-order valence-corrected chi connectivity index (χ3v) is 6.13. The summed E-state index contributed by atoms with van der Waals surface area (Å²) in [7, 11) is 3.34. The van der Waals surface area contributed by atoms with Crippen LogP contribution in [0.1, 0.15) is 36.7 Å². The van der Waals surface area contributed by atoms with Crippen LogP contribution in [0.4, 0.5) is 9.93 Å². The number of hydrogen-bond acceptors (Lipinski definition) is 10. The van der Waals surface area contributed by atoms with Gasteiger partial charge in [-0.3, -0.25) is 0 Å². The molecule has 0 aliphatic heterocycles. The Balaban J connectivity index is 1.48. The van der Waals surface area contributed by atoms with Crippen LogP contribution in [0.3, 0.4) is 0 Å². The normalized spacial score (nSPS) is 11.4. The quantitative estimate of drug-likeness (QED) is 0.0896. The van der Waals surface area contributed by atoms with Gasteiger partial charge in [-0.1, -0.05) is 23.5 Å². The Kier molecular flexibility index (Phi) is 7.92. The summed E-state index contributed by atoms with van der Waals surface area (Å²) in [6.45, 7) is 5.22. The van der Waals surface area contributed by atoms with Gasteiger partial charge in [0, 0.05) is 12.6 Å². The molecule has 0 N–H and O–H groups in total. The molecule has 3 aromatic carbocycles. The van der Waals surface area contributed by atoms with Crippen molar-refractivity contribution in [3.63, 3.8) is 0 Å². The van der Waals surface area contributed by atoms with Gasteiger partial charge in [0.25, 0.3) is 0 Å². The van der Waals surface area contributed by atoms with Crippen molar-refractivity contribution in [1.82, 2.24) is 4.98 Å². The van der Waals surface area contributed by atoms with Crippen LogP contribution in [0.25, 0.3) is 10.2 Å². The van der Waals surface area contributed by atoms with Crippen LogP contribution in [-0.2, 0) is 4.74 Å². The van der Waals surface area contributed by atoms with Gasteiger partial charge in [-0.25, -0.2) is 19.6 Å². The molecule has 0 radical (unpaired) electrons. The van der Waals surface area contributed by atoms with E-state index in [1.54, 1.807) is 64.4 Å². The van der Waals surface area contributed by atoms with E-state index >= 15 is 0 Å². The number of esters is 1. The van der Waals surface area contributed by atoms with Crippen molar-refractivity contribution in [2.45, 2.75) is 26.4 Å². The summed E-state index contributed by atoms with van der Waals surface area (Å²) in [6, 6.07) is 18.9. The van der Waals surface area contributed by atoms with Crippen LogP contribution in [0.5, 0.6) is 17.2 Å². The Morgan fingerprint density at radius 1 is 0.974 bits per heavy atom. The highest BCUT2D eigenvalue weighted by molar-refractivity contribution is 7.22. The second-order valence-electron chi connectivity index (χ2n) is 9.12. The van der Waals surface area contributed by atoms with Gasteiger partial charge in [0.2, 0.25) is 5.13 Å². The zero-order valence-electron chi connectivity index (χ0n) is 21.6. The number of carbonyl (C=O) groups is 2. The summed E-state index contributed by atoms with van der Waals surface area (Å²) in [5.74, 6) is 0.531. The monoisotopic (exact) mass is 533 g/mol. The van der Waals surface area contributed by atoms with Gasteiger partial charge in [0.05, 0.1) is 29.1 Å². The second-order valence-corrected chi connectivity index (χ2v) is 10.1. The molecule has 4 rings (SSSR count). The summed E-state index contributed by atoms with van der Waals surface area (Å²) in [6.07, 6.45) is 0.750. The number of hydrazone groups is 1. The predicted octanol–water partition coefficient (Wildman–Crippen LogP) is 6.31. The lowest BCUT2D eigenvalue weighted by molar-refractivity contribution is 0.0206. The molecular weight excluding hydrogens is 506 g/mol. The first-order valence-electron chi connectivity index (χ1n) is 11.7. The maximum Gasteiger partial charge on any atom is 0.514 e. The number of hydrogen-bond donors (Lipinski definition) is 0. The highest BCUT2D eigenvalue weighted by atomic mass is 32.1. The smallest absolute Gasteiger partial charge is 0.497 e. The molecule has 0 aliphatic carbocycles. The summed E-state index contributed by atoms with van der Waals surface area (Å²) in [5, 5.41) is 6.86. The molecule has 9 nitrogen and oxygen atoms in total. The van der Waals surface area contributed by atoms with Gasteiger partial charge < -0.3 is 18.9 Å². The Bertz CT molecular complexity index is 1440. The van der Waals surface area contributed by atoms with Crippen molar-refractivity contribution in [2.24, 2.45) is 5.10 Å². The molecule has 0 bridgehead atoms. The van der Waals surface area contributed by atoms with Crippen LogP contribution in [0.15, 0.2) is 71.8 Å². The fourth-order valence-corrected chi connectivity index (χ4v) is 4.11. The standard InChI is InChI=1S/C28H27N3O6S/c1-28(2,3)37-27(33)35-20-12-10-18(11-13-20)25(32)36-23-15-14-21(34-5)16-19(23)17-29-31(4)26-30-22-8-6-7-9-24(22)38-26/h6-17H,1-5H3/b29-17+. The number of carbonyl (C=O) groups excluding carboxylic acids is 2. The molecule has 38 heavy (non-hydrogen) atoms. The van der Waals surface area contributed by atoms with Crippen molar-refractivity contribution >= 4 is 45.0 Å². The predicted molar refractivity (Wildman–Crippen MR) is 147 cm³/mol. The molecule has 0 unspecified atom stereocenters. The van der Waals surface area contributed by atoms with Crippen molar-refractivity contribution in [3.8, 4) is 17.2 Å². The van der Waals surface area contributed by atoms with Crippen LogP contribution in [-0.4, -0.2) is 43.1 Å². The molecule has 196 valence electrons. The summed E-state index contributed by atoms with van der Waals surface area (Å²) in [4.78, 5) is 29.3. The van der Waals surface area contributed by atoms with Gasteiger partial charge in [-0.2, -0.15) is 5.10 Å². The fourth-order valence-electron chi connectivity index (χ4n) is 3.23. The molecular formula is C28H27N3O6S. The maximum absolute atomic E-state index is 12.9. The van der Waals surface area contributed by atoms with E-state index in [0.29, 0.717) is 17.1 Å². The van der Waals surface area contributed by atoms with Crippen LogP contribution in [0.2, 0.25) is 0 Å². The lowest BCUT2D eigenvalue weighted by atomic mass is 10.2. The number of rotatable bonds is 7. The second kappa shape index (κ2) is 11.3. The van der Waals surface area contributed by atoms with Crippen molar-refractivity contribution < 1.29 is 28.5 Å². The minimum atomic E-state index is -0.828. The molecule has 0 amide bonds. The average molecular weight is 534 g/mol. The van der Waals surface area contributed by atoms with Gasteiger partial charge in [0.15, 0.2) is 0 Å². The van der Waals surface area contributed by atoms with Gasteiger partial charge in [0.1, 0.15) is 22.8 Å². The Morgan fingerprint density at radius 2 is 1.68 bits per heavy atom. The molecule has 0 saturated heterocycles. The summed E-state index contributed by atoms with van der Waals surface area (Å²) in [5.41, 5.74) is 1.03. The van der Waals surface area contributed by atoms with Crippen LogP contribution < -0.4 is 19.2 Å². The molecule has 0 fully saturated rings. The molecule has 0 spiro atoms. The summed E-state index contributed by atoms with van der Waals surface area (Å²) < 4.78 is 22.3. The molecule has 0 aliphatic rings. The molecule has 1 aromatic heterocycles. The van der Waals surface area contributed by atoms with Crippen LogP contribution in [0, 0.1) is 0 Å². The fraction of sp³-hybridized carbons (Fsp3) is 0.214. The highest BCUT2D eigenvalue weighted by Crippen LogP contribution is 2.29. The lowest BCUT2D eigenvalue weighted by Crippen LogP contribution is -2.26. The molecule has 1 heterocycles. The minimum Gasteiger partial charge on any atom is -0.497 e. The number of nitrogens with zero attached hydrogens (tertiary/aromatic N) is 3. The largest absolute Gasteiger partial charge is 0.514 e. The average Bonchev–Trinajstić information content (AvgIpc) is 3.31. The number of methoxy groups -OCH3 is 1. The van der Waals surface area contributed by atoms with E-state index < -0.39 is 17.7 Å². The molecule has 4 aromatic rings. The van der Waals surface area contributed by atoms with Crippen molar-refractivity contribution in [2.75, 3.05) is 19.2 Å². The molecule has 10 heteroatoms. The zero-order valence-corrected chi connectivity index (χ0v) is 22.4. The van der Waals surface area contributed by atoms with E-state index in [1.807, 2.05) is 24.3 Å². The number of benzene rings is 3.